The number of nitrogens with zero attached hydrogens (tertiary/aromatic N) is 1. The van der Waals surface area contributed by atoms with Crippen LogP contribution < -0.4 is 9.46 Å². The standard InChI is InChI=1S/C16H26N2O4S/c1-5-18(14(4)19)11-7-10-17-23(20,21)16-9-8-15(22-6-2)12-13(16)3/h8-9,12,17H,5-7,10-11H2,1-4H3. The first-order valence-corrected chi connectivity index (χ1v) is 9.28. The van der Waals surface area contributed by atoms with E-state index in [0.29, 0.717) is 44.0 Å². The highest BCUT2D eigenvalue weighted by atomic mass is 32.2. The minimum Gasteiger partial charge on any atom is -0.494 e. The van der Waals surface area contributed by atoms with Crippen LogP contribution in [-0.2, 0) is 14.8 Å². The van der Waals surface area contributed by atoms with Crippen LogP contribution in [0.2, 0.25) is 0 Å². The largest absolute Gasteiger partial charge is 0.494 e. The maximum Gasteiger partial charge on any atom is 0.240 e. The van der Waals surface area contributed by atoms with Crippen LogP contribution in [0.25, 0.3) is 0 Å². The summed E-state index contributed by atoms with van der Waals surface area (Å²) in [5.41, 5.74) is 0.641. The number of hydrogen-bond acceptors (Lipinski definition) is 4. The summed E-state index contributed by atoms with van der Waals surface area (Å²) in [5.74, 6) is 0.654. The summed E-state index contributed by atoms with van der Waals surface area (Å²) in [5, 5.41) is 0. The maximum atomic E-state index is 12.3. The molecular formula is C16H26N2O4S. The van der Waals surface area contributed by atoms with Gasteiger partial charge in [0.1, 0.15) is 5.75 Å². The molecule has 0 unspecified atom stereocenters. The van der Waals surface area contributed by atoms with Gasteiger partial charge < -0.3 is 9.64 Å². The fraction of sp³-hybridized carbons (Fsp3) is 0.562. The zero-order valence-electron chi connectivity index (χ0n) is 14.3. The highest BCUT2D eigenvalue weighted by molar-refractivity contribution is 7.89. The number of hydrogen-bond donors (Lipinski definition) is 1. The van der Waals surface area contributed by atoms with Crippen molar-refractivity contribution in [2.24, 2.45) is 0 Å². The molecule has 0 spiro atoms. The number of benzene rings is 1. The molecule has 0 aromatic heterocycles. The Labute approximate surface area is 138 Å². The van der Waals surface area contributed by atoms with Crippen LogP contribution in [0.1, 0.15) is 32.8 Å². The van der Waals surface area contributed by atoms with Gasteiger partial charge in [0.15, 0.2) is 0 Å². The second-order valence-electron chi connectivity index (χ2n) is 5.21. The van der Waals surface area contributed by atoms with E-state index in [1.165, 1.54) is 6.92 Å². The summed E-state index contributed by atoms with van der Waals surface area (Å²) in [6.07, 6.45) is 0.572. The van der Waals surface area contributed by atoms with E-state index in [1.54, 1.807) is 30.0 Å². The summed E-state index contributed by atoms with van der Waals surface area (Å²) >= 11 is 0. The molecule has 1 N–H and O–H groups in total. The molecule has 0 heterocycles. The molecule has 0 aliphatic heterocycles. The van der Waals surface area contributed by atoms with E-state index in [4.69, 9.17) is 4.74 Å². The van der Waals surface area contributed by atoms with Gasteiger partial charge in [-0.05, 0) is 51.0 Å². The van der Waals surface area contributed by atoms with E-state index >= 15 is 0 Å². The summed E-state index contributed by atoms with van der Waals surface area (Å²) in [6.45, 7) is 9.02. The summed E-state index contributed by atoms with van der Waals surface area (Å²) < 4.78 is 32.6. The van der Waals surface area contributed by atoms with Crippen LogP contribution in [0.3, 0.4) is 0 Å². The minimum absolute atomic E-state index is 0.00212. The lowest BCUT2D eigenvalue weighted by Gasteiger charge is -2.18. The summed E-state index contributed by atoms with van der Waals surface area (Å²) in [4.78, 5) is 13.2. The topological polar surface area (TPSA) is 75.7 Å². The average molecular weight is 342 g/mol. The molecule has 0 aliphatic carbocycles. The zero-order valence-corrected chi connectivity index (χ0v) is 15.1. The summed E-state index contributed by atoms with van der Waals surface area (Å²) in [7, 11) is -3.56. The third-order valence-electron chi connectivity index (χ3n) is 3.47. The molecule has 0 radical (unpaired) electrons. The van der Waals surface area contributed by atoms with Gasteiger partial charge in [0.25, 0.3) is 0 Å². The third kappa shape index (κ3) is 5.84. The average Bonchev–Trinajstić information content (AvgIpc) is 2.47. The Bertz CT molecular complexity index is 629. The molecular weight excluding hydrogens is 316 g/mol. The van der Waals surface area contributed by atoms with Gasteiger partial charge >= 0.3 is 0 Å². The van der Waals surface area contributed by atoms with E-state index in [2.05, 4.69) is 4.72 Å². The van der Waals surface area contributed by atoms with Gasteiger partial charge in [0, 0.05) is 26.6 Å². The molecule has 6 nitrogen and oxygen atoms in total. The van der Waals surface area contributed by atoms with Crippen LogP contribution >= 0.6 is 0 Å². The lowest BCUT2D eigenvalue weighted by molar-refractivity contribution is -0.128. The van der Waals surface area contributed by atoms with Crippen molar-refractivity contribution in [3.63, 3.8) is 0 Å². The van der Waals surface area contributed by atoms with Crippen LogP contribution in [0.5, 0.6) is 5.75 Å². The van der Waals surface area contributed by atoms with Gasteiger partial charge in [0.05, 0.1) is 11.5 Å². The highest BCUT2D eigenvalue weighted by Gasteiger charge is 2.17. The van der Waals surface area contributed by atoms with E-state index in [1.807, 2.05) is 13.8 Å². The number of carbonyl (C=O) groups is 1. The van der Waals surface area contributed by atoms with Crippen molar-refractivity contribution < 1.29 is 17.9 Å². The van der Waals surface area contributed by atoms with E-state index < -0.39 is 10.0 Å². The van der Waals surface area contributed by atoms with E-state index in [-0.39, 0.29) is 10.8 Å². The first-order valence-electron chi connectivity index (χ1n) is 7.80. The molecule has 23 heavy (non-hydrogen) atoms. The Morgan fingerprint density at radius 2 is 2.00 bits per heavy atom. The van der Waals surface area contributed by atoms with Gasteiger partial charge in [-0.1, -0.05) is 0 Å². The van der Waals surface area contributed by atoms with Crippen LogP contribution in [-0.4, -0.2) is 45.5 Å². The molecule has 130 valence electrons. The number of ether oxygens (including phenoxy) is 1. The van der Waals surface area contributed by atoms with Gasteiger partial charge in [0.2, 0.25) is 15.9 Å². The molecule has 1 rings (SSSR count). The Hall–Kier alpha value is -1.60. The van der Waals surface area contributed by atoms with Crippen molar-refractivity contribution in [1.29, 1.82) is 0 Å². The molecule has 0 saturated carbocycles. The van der Waals surface area contributed by atoms with Gasteiger partial charge in [-0.2, -0.15) is 0 Å². The second kappa shape index (κ2) is 8.88. The lowest BCUT2D eigenvalue weighted by Crippen LogP contribution is -2.32. The Balaban J connectivity index is 2.64. The molecule has 7 heteroatoms. The van der Waals surface area contributed by atoms with Crippen molar-refractivity contribution in [1.82, 2.24) is 9.62 Å². The van der Waals surface area contributed by atoms with Gasteiger partial charge in [-0.3, -0.25) is 4.79 Å². The van der Waals surface area contributed by atoms with E-state index in [9.17, 15) is 13.2 Å². The lowest BCUT2D eigenvalue weighted by atomic mass is 10.2. The smallest absolute Gasteiger partial charge is 0.240 e. The number of amides is 1. The SMILES string of the molecule is CCOc1ccc(S(=O)(=O)NCCCN(CC)C(C)=O)c(C)c1. The fourth-order valence-corrected chi connectivity index (χ4v) is 3.57. The quantitative estimate of drug-likeness (QED) is 0.696. The van der Waals surface area contributed by atoms with Crippen molar-refractivity contribution in [3.05, 3.63) is 23.8 Å². The molecule has 0 aliphatic rings. The highest BCUT2D eigenvalue weighted by Crippen LogP contribution is 2.21. The minimum atomic E-state index is -3.56. The first kappa shape index (κ1) is 19.4. The van der Waals surface area contributed by atoms with Gasteiger partial charge in [-0.15, -0.1) is 0 Å². The molecule has 1 amide bonds. The Morgan fingerprint density at radius 3 is 2.52 bits per heavy atom. The predicted octanol–water partition coefficient (Wildman–Crippen LogP) is 1.93. The van der Waals surface area contributed by atoms with Crippen LogP contribution in [0.15, 0.2) is 23.1 Å². The number of nitrogens with one attached hydrogen (secondary N) is 1. The number of carbonyl (C=O) groups excluding carboxylic acids is 1. The molecule has 0 bridgehead atoms. The van der Waals surface area contributed by atoms with E-state index in [0.717, 1.165) is 0 Å². The summed E-state index contributed by atoms with van der Waals surface area (Å²) in [6, 6.07) is 4.92. The van der Waals surface area contributed by atoms with Crippen molar-refractivity contribution >= 4 is 15.9 Å². The second-order valence-corrected chi connectivity index (χ2v) is 6.95. The van der Waals surface area contributed by atoms with Crippen LogP contribution in [0.4, 0.5) is 0 Å². The van der Waals surface area contributed by atoms with Crippen molar-refractivity contribution in [2.45, 2.75) is 39.0 Å². The molecule has 0 atom stereocenters. The van der Waals surface area contributed by atoms with Crippen molar-refractivity contribution in [2.75, 3.05) is 26.2 Å². The predicted molar refractivity (Wildman–Crippen MR) is 90.1 cm³/mol. The zero-order chi connectivity index (χ0) is 17.5. The molecule has 1 aromatic carbocycles. The maximum absolute atomic E-state index is 12.3. The third-order valence-corrected chi connectivity index (χ3v) is 5.09. The number of sulfonamides is 1. The first-order chi connectivity index (χ1) is 10.8. The van der Waals surface area contributed by atoms with Gasteiger partial charge in [-0.25, -0.2) is 13.1 Å². The van der Waals surface area contributed by atoms with Crippen molar-refractivity contribution in [3.8, 4) is 5.75 Å². The number of aryl methyl sites for hydroxylation is 1. The Kier molecular flexibility index (Phi) is 7.51. The molecule has 0 fully saturated rings. The molecule has 0 saturated heterocycles. The normalized spacial score (nSPS) is 11.3. The number of rotatable bonds is 9. The monoisotopic (exact) mass is 342 g/mol. The Morgan fingerprint density at radius 1 is 1.30 bits per heavy atom. The van der Waals surface area contributed by atoms with Crippen LogP contribution in [0, 0.1) is 6.92 Å². The molecule has 1 aromatic rings. The fourth-order valence-electron chi connectivity index (χ4n) is 2.27.